The maximum absolute atomic E-state index is 14.1. The molecule has 5 rings (SSSR count). The Morgan fingerprint density at radius 3 is 2.60 bits per heavy atom. The largest absolute Gasteiger partial charge is 0.497 e. The third-order valence-electron chi connectivity index (χ3n) is 6.89. The maximum atomic E-state index is 14.1. The number of ether oxygens (including phenoxy) is 3. The van der Waals surface area contributed by atoms with Crippen LogP contribution >= 0.6 is 34.5 Å². The number of allylic oxidation sites excluding steroid dienone is 1. The first-order valence-corrected chi connectivity index (χ1v) is 15.4. The molecule has 0 N–H and O–H groups in total. The molecule has 0 radical (unpaired) electrons. The zero-order chi connectivity index (χ0) is 30.5. The van der Waals surface area contributed by atoms with Crippen LogP contribution in [0.4, 0.5) is 0 Å². The van der Waals surface area contributed by atoms with E-state index in [9.17, 15) is 9.59 Å². The van der Waals surface area contributed by atoms with E-state index in [1.54, 1.807) is 36.8 Å². The van der Waals surface area contributed by atoms with Crippen LogP contribution in [0.1, 0.15) is 49.4 Å². The van der Waals surface area contributed by atoms with Gasteiger partial charge in [0, 0.05) is 5.56 Å². The Hall–Kier alpha value is -3.85. The lowest BCUT2D eigenvalue weighted by molar-refractivity contribution is -0.139. The van der Waals surface area contributed by atoms with Gasteiger partial charge < -0.3 is 14.2 Å². The van der Waals surface area contributed by atoms with Gasteiger partial charge in [0.1, 0.15) is 18.1 Å². The molecular weight excluding hydrogens is 607 g/mol. The summed E-state index contributed by atoms with van der Waals surface area (Å²) in [7, 11) is 1.58. The first-order valence-electron chi connectivity index (χ1n) is 13.9. The molecule has 2 heterocycles. The van der Waals surface area contributed by atoms with E-state index in [1.165, 1.54) is 11.3 Å². The number of hydrogen-bond acceptors (Lipinski definition) is 7. The van der Waals surface area contributed by atoms with Gasteiger partial charge in [0.15, 0.2) is 4.80 Å². The van der Waals surface area contributed by atoms with Gasteiger partial charge in [-0.05, 0) is 60.9 Å². The second kappa shape index (κ2) is 13.6. The fourth-order valence-corrected chi connectivity index (χ4v) is 6.24. The van der Waals surface area contributed by atoms with Crippen molar-refractivity contribution in [3.63, 3.8) is 0 Å². The first-order chi connectivity index (χ1) is 20.8. The Labute approximate surface area is 263 Å². The number of carbonyl (C=O) groups is 1. The number of fused-ring (bicyclic) bond motifs is 1. The molecule has 0 amide bonds. The molecule has 0 saturated heterocycles. The minimum absolute atomic E-state index is 0.204. The number of esters is 1. The highest BCUT2D eigenvalue weighted by Crippen LogP contribution is 2.34. The highest BCUT2D eigenvalue weighted by atomic mass is 35.5. The Bertz CT molecular complexity index is 1880. The molecule has 4 aromatic rings. The zero-order valence-electron chi connectivity index (χ0n) is 23.9. The number of thiazole rings is 1. The Balaban J connectivity index is 1.63. The number of hydrogen-bond donors (Lipinski definition) is 0. The van der Waals surface area contributed by atoms with Crippen molar-refractivity contribution < 1.29 is 19.0 Å². The van der Waals surface area contributed by atoms with Gasteiger partial charge in [0.2, 0.25) is 0 Å². The van der Waals surface area contributed by atoms with Crippen LogP contribution in [0.5, 0.6) is 11.5 Å². The van der Waals surface area contributed by atoms with E-state index >= 15 is 0 Å². The van der Waals surface area contributed by atoms with Crippen molar-refractivity contribution >= 4 is 46.6 Å². The van der Waals surface area contributed by atoms with Gasteiger partial charge in [-0.15, -0.1) is 0 Å². The summed E-state index contributed by atoms with van der Waals surface area (Å²) in [5, 5.41) is 0.925. The van der Waals surface area contributed by atoms with E-state index in [2.05, 4.69) is 0 Å². The number of carbonyl (C=O) groups excluding carboxylic acids is 1. The van der Waals surface area contributed by atoms with Crippen LogP contribution in [0.25, 0.3) is 6.08 Å². The highest BCUT2D eigenvalue weighted by molar-refractivity contribution is 7.07. The van der Waals surface area contributed by atoms with Crippen LogP contribution in [0.15, 0.2) is 87.8 Å². The topological polar surface area (TPSA) is 79.1 Å². The number of benzene rings is 3. The summed E-state index contributed by atoms with van der Waals surface area (Å²) in [6.07, 6.45) is 3.13. The van der Waals surface area contributed by atoms with Crippen LogP contribution in [-0.2, 0) is 16.1 Å². The monoisotopic (exact) mass is 636 g/mol. The summed E-state index contributed by atoms with van der Waals surface area (Å²) in [6.45, 7) is 4.25. The van der Waals surface area contributed by atoms with Crippen LogP contribution in [0.3, 0.4) is 0 Å². The molecule has 10 heteroatoms. The lowest BCUT2D eigenvalue weighted by atomic mass is 9.94. The van der Waals surface area contributed by atoms with Gasteiger partial charge in [-0.1, -0.05) is 84.3 Å². The normalized spacial score (nSPS) is 14.7. The third-order valence-corrected chi connectivity index (χ3v) is 8.61. The number of rotatable bonds is 10. The van der Waals surface area contributed by atoms with Crippen molar-refractivity contribution in [1.29, 1.82) is 0 Å². The summed E-state index contributed by atoms with van der Waals surface area (Å²) in [6, 6.07) is 19.5. The van der Waals surface area contributed by atoms with Crippen molar-refractivity contribution in [2.75, 3.05) is 13.7 Å². The molecule has 7 nitrogen and oxygen atoms in total. The smallest absolute Gasteiger partial charge is 0.338 e. The fourth-order valence-electron chi connectivity index (χ4n) is 4.91. The summed E-state index contributed by atoms with van der Waals surface area (Å²) in [4.78, 5) is 32.8. The Kier molecular flexibility index (Phi) is 9.70. The SMILES string of the molecule is CCCC1=C(C(=O)OCC)[C@@H](c2cccc(OC)c2)n2c(s/c(=C\c3ccccc3OCc3ccc(Cl)c(Cl)c3)c2=O)=N1. The summed E-state index contributed by atoms with van der Waals surface area (Å²) in [5.74, 6) is 0.727. The van der Waals surface area contributed by atoms with E-state index in [-0.39, 0.29) is 18.8 Å². The molecule has 0 saturated carbocycles. The molecule has 1 aliphatic heterocycles. The van der Waals surface area contributed by atoms with Crippen molar-refractivity contribution in [3.8, 4) is 11.5 Å². The number of aromatic nitrogens is 1. The van der Waals surface area contributed by atoms with E-state index in [0.717, 1.165) is 23.1 Å². The number of methoxy groups -OCH3 is 1. The van der Waals surface area contributed by atoms with Crippen LogP contribution < -0.4 is 24.4 Å². The standard InChI is InChI=1S/C33H30Cl2N2O5S/c1-4-9-26-29(32(39)41-5-2)30(22-11-8-12-23(17-22)40-3)37-31(38)28(43-33(37)36-26)18-21-10-6-7-13-27(21)42-19-20-14-15-24(34)25(35)16-20/h6-8,10-18,30H,4-5,9,19H2,1-3H3/b28-18-/t30-/m1/s1. The average Bonchev–Trinajstić information content (AvgIpc) is 3.32. The van der Waals surface area contributed by atoms with Gasteiger partial charge in [-0.25, -0.2) is 9.79 Å². The zero-order valence-corrected chi connectivity index (χ0v) is 26.3. The molecule has 1 aliphatic rings. The molecule has 0 aliphatic carbocycles. The van der Waals surface area contributed by atoms with Gasteiger partial charge in [-0.2, -0.15) is 0 Å². The molecule has 0 fully saturated rings. The molecule has 1 atom stereocenters. The minimum atomic E-state index is -0.727. The van der Waals surface area contributed by atoms with Crippen molar-refractivity contribution in [2.24, 2.45) is 4.99 Å². The Morgan fingerprint density at radius 1 is 1.05 bits per heavy atom. The van der Waals surface area contributed by atoms with Gasteiger partial charge >= 0.3 is 5.97 Å². The van der Waals surface area contributed by atoms with Crippen LogP contribution in [0.2, 0.25) is 10.0 Å². The van der Waals surface area contributed by atoms with E-state index in [1.807, 2.05) is 61.5 Å². The predicted molar refractivity (Wildman–Crippen MR) is 170 cm³/mol. The van der Waals surface area contributed by atoms with Gasteiger partial charge in [0.25, 0.3) is 5.56 Å². The quantitative estimate of drug-likeness (QED) is 0.186. The highest BCUT2D eigenvalue weighted by Gasteiger charge is 2.34. The fraction of sp³-hybridized carbons (Fsp3) is 0.242. The summed E-state index contributed by atoms with van der Waals surface area (Å²) < 4.78 is 19.1. The second-order valence-electron chi connectivity index (χ2n) is 9.77. The van der Waals surface area contributed by atoms with Gasteiger partial charge in [0.05, 0.1) is 45.6 Å². The molecular formula is C33H30Cl2N2O5S. The first kappa shape index (κ1) is 30.6. The lowest BCUT2D eigenvalue weighted by Crippen LogP contribution is -2.40. The summed E-state index contributed by atoms with van der Waals surface area (Å²) in [5.41, 5.74) is 3.02. The lowest BCUT2D eigenvalue weighted by Gasteiger charge is -2.26. The number of nitrogens with zero attached hydrogens (tertiary/aromatic N) is 2. The molecule has 0 unspecified atom stereocenters. The molecule has 222 valence electrons. The maximum Gasteiger partial charge on any atom is 0.338 e. The third kappa shape index (κ3) is 6.56. The van der Waals surface area contributed by atoms with Crippen molar-refractivity contribution in [2.45, 2.75) is 39.3 Å². The van der Waals surface area contributed by atoms with Crippen LogP contribution in [-0.4, -0.2) is 24.3 Å². The Morgan fingerprint density at radius 2 is 1.86 bits per heavy atom. The minimum Gasteiger partial charge on any atom is -0.497 e. The van der Waals surface area contributed by atoms with Crippen LogP contribution in [0, 0.1) is 0 Å². The predicted octanol–water partition coefficient (Wildman–Crippen LogP) is 6.47. The second-order valence-corrected chi connectivity index (χ2v) is 11.6. The van der Waals surface area contributed by atoms with E-state index < -0.39 is 12.0 Å². The van der Waals surface area contributed by atoms with Crippen molar-refractivity contribution in [1.82, 2.24) is 4.57 Å². The van der Waals surface area contributed by atoms with Crippen molar-refractivity contribution in [3.05, 3.63) is 124 Å². The number of halogens is 2. The summed E-state index contributed by atoms with van der Waals surface area (Å²) >= 11 is 13.5. The van der Waals surface area contributed by atoms with Gasteiger partial charge in [-0.3, -0.25) is 9.36 Å². The molecule has 0 spiro atoms. The molecule has 1 aromatic heterocycles. The number of para-hydroxylation sites is 1. The molecule has 0 bridgehead atoms. The van der Waals surface area contributed by atoms with E-state index in [4.69, 9.17) is 42.4 Å². The molecule has 43 heavy (non-hydrogen) atoms. The average molecular weight is 638 g/mol. The van der Waals surface area contributed by atoms with E-state index in [0.29, 0.717) is 48.6 Å². The molecule has 3 aromatic carbocycles.